The molecular formula is C17H17N3O. The summed E-state index contributed by atoms with van der Waals surface area (Å²) in [5.41, 5.74) is 3.62. The van der Waals surface area contributed by atoms with Crippen LogP contribution in [0, 0.1) is 18.3 Å². The topological polar surface area (TPSA) is 57.8 Å². The lowest BCUT2D eigenvalue weighted by molar-refractivity contribution is -0.116. The zero-order valence-corrected chi connectivity index (χ0v) is 12.1. The normalized spacial score (nSPS) is 10.5. The van der Waals surface area contributed by atoms with Gasteiger partial charge in [-0.05, 0) is 42.8 Å². The van der Waals surface area contributed by atoms with Gasteiger partial charge in [-0.1, -0.05) is 12.1 Å². The fourth-order valence-corrected chi connectivity index (χ4v) is 1.96. The molecule has 106 valence electrons. The number of aryl methyl sites for hydroxylation is 1. The Morgan fingerprint density at radius 3 is 2.86 bits per heavy atom. The van der Waals surface area contributed by atoms with Gasteiger partial charge in [0, 0.05) is 24.5 Å². The number of benzene rings is 1. The first kappa shape index (κ1) is 14.6. The number of aromatic nitrogens is 1. The molecule has 0 fully saturated rings. The summed E-state index contributed by atoms with van der Waals surface area (Å²) in [5.74, 6) is -0.156. The van der Waals surface area contributed by atoms with E-state index >= 15 is 0 Å². The first-order valence-corrected chi connectivity index (χ1v) is 6.67. The van der Waals surface area contributed by atoms with E-state index in [2.05, 4.69) is 11.4 Å². The monoisotopic (exact) mass is 279 g/mol. The van der Waals surface area contributed by atoms with E-state index in [-0.39, 0.29) is 5.91 Å². The average molecular weight is 279 g/mol. The molecule has 0 spiro atoms. The van der Waals surface area contributed by atoms with Gasteiger partial charge in [0.15, 0.2) is 0 Å². The summed E-state index contributed by atoms with van der Waals surface area (Å²) in [6, 6.07) is 13.2. The molecule has 1 aromatic carbocycles. The number of hydrogen-bond acceptors (Lipinski definition) is 2. The minimum Gasteiger partial charge on any atom is -0.350 e. The summed E-state index contributed by atoms with van der Waals surface area (Å²) >= 11 is 0. The second-order valence-corrected chi connectivity index (χ2v) is 4.81. The molecule has 0 aliphatic heterocycles. The lowest BCUT2D eigenvalue weighted by atomic mass is 10.1. The van der Waals surface area contributed by atoms with Crippen molar-refractivity contribution in [3.63, 3.8) is 0 Å². The molecule has 0 bridgehead atoms. The first-order chi connectivity index (χ1) is 10.1. The molecule has 1 amide bonds. The van der Waals surface area contributed by atoms with Crippen LogP contribution in [0.4, 0.5) is 0 Å². The molecule has 0 radical (unpaired) electrons. The Kier molecular flexibility index (Phi) is 4.57. The van der Waals surface area contributed by atoms with E-state index in [0.717, 1.165) is 17.0 Å². The summed E-state index contributed by atoms with van der Waals surface area (Å²) in [6.07, 6.45) is 3.18. The van der Waals surface area contributed by atoms with Crippen molar-refractivity contribution in [3.05, 3.63) is 65.0 Å². The van der Waals surface area contributed by atoms with Crippen LogP contribution >= 0.6 is 0 Å². The molecule has 0 saturated heterocycles. The Hall–Kier alpha value is -2.80. The van der Waals surface area contributed by atoms with Gasteiger partial charge in [0.2, 0.25) is 5.91 Å². The van der Waals surface area contributed by atoms with E-state index in [0.29, 0.717) is 12.1 Å². The molecule has 1 heterocycles. The minimum absolute atomic E-state index is 0.156. The van der Waals surface area contributed by atoms with Gasteiger partial charge in [0.1, 0.15) is 0 Å². The molecule has 0 saturated carbocycles. The average Bonchev–Trinajstić information content (AvgIpc) is 2.83. The van der Waals surface area contributed by atoms with Crippen LogP contribution in [-0.2, 0) is 18.4 Å². The Bertz CT molecular complexity index is 720. The van der Waals surface area contributed by atoms with E-state index in [9.17, 15) is 4.79 Å². The number of amides is 1. The lowest BCUT2D eigenvalue weighted by Gasteiger charge is -2.05. The molecule has 21 heavy (non-hydrogen) atoms. The largest absolute Gasteiger partial charge is 0.350 e. The minimum atomic E-state index is -0.156. The number of carbonyl (C=O) groups is 1. The molecule has 4 heteroatoms. The maximum Gasteiger partial charge on any atom is 0.244 e. The third-order valence-corrected chi connectivity index (χ3v) is 3.36. The van der Waals surface area contributed by atoms with Gasteiger partial charge in [-0.2, -0.15) is 5.26 Å². The number of nitriles is 1. The van der Waals surface area contributed by atoms with Gasteiger partial charge in [0.05, 0.1) is 18.2 Å². The Balaban J connectivity index is 1.94. The number of carbonyl (C=O) groups excluding carboxylic acids is 1. The molecule has 2 rings (SSSR count). The van der Waals surface area contributed by atoms with Crippen LogP contribution in [0.3, 0.4) is 0 Å². The molecule has 1 N–H and O–H groups in total. The highest BCUT2D eigenvalue weighted by Gasteiger charge is 2.02. The SMILES string of the molecule is Cc1ccc(CNC(=O)/C=C\c2cccc(C#N)c2)n1C. The van der Waals surface area contributed by atoms with Crippen LogP contribution in [0.1, 0.15) is 22.5 Å². The number of nitrogens with one attached hydrogen (secondary N) is 1. The summed E-state index contributed by atoms with van der Waals surface area (Å²) < 4.78 is 2.04. The zero-order valence-electron chi connectivity index (χ0n) is 12.1. The Morgan fingerprint density at radius 1 is 1.38 bits per heavy atom. The highest BCUT2D eigenvalue weighted by molar-refractivity contribution is 5.91. The van der Waals surface area contributed by atoms with Crippen LogP contribution in [0.5, 0.6) is 0 Å². The van der Waals surface area contributed by atoms with Gasteiger partial charge in [-0.3, -0.25) is 4.79 Å². The van der Waals surface area contributed by atoms with Crippen molar-refractivity contribution in [2.24, 2.45) is 7.05 Å². The predicted molar refractivity (Wildman–Crippen MR) is 82.2 cm³/mol. The lowest BCUT2D eigenvalue weighted by Crippen LogP contribution is -2.21. The summed E-state index contributed by atoms with van der Waals surface area (Å²) in [4.78, 5) is 11.8. The van der Waals surface area contributed by atoms with Crippen LogP contribution in [0.25, 0.3) is 6.08 Å². The smallest absolute Gasteiger partial charge is 0.244 e. The van der Waals surface area contributed by atoms with E-state index < -0.39 is 0 Å². The fourth-order valence-electron chi connectivity index (χ4n) is 1.96. The number of nitrogens with zero attached hydrogens (tertiary/aromatic N) is 2. The molecule has 0 aliphatic carbocycles. The summed E-state index contributed by atoms with van der Waals surface area (Å²) in [5, 5.41) is 11.7. The van der Waals surface area contributed by atoms with Crippen LogP contribution in [0.15, 0.2) is 42.5 Å². The predicted octanol–water partition coefficient (Wildman–Crippen LogP) is 2.53. The van der Waals surface area contributed by atoms with Crippen molar-refractivity contribution in [3.8, 4) is 6.07 Å². The van der Waals surface area contributed by atoms with Gasteiger partial charge in [-0.25, -0.2) is 0 Å². The first-order valence-electron chi connectivity index (χ1n) is 6.67. The molecule has 0 unspecified atom stereocenters. The van der Waals surface area contributed by atoms with Gasteiger partial charge >= 0.3 is 0 Å². The summed E-state index contributed by atoms with van der Waals surface area (Å²) in [7, 11) is 1.97. The summed E-state index contributed by atoms with van der Waals surface area (Å²) in [6.45, 7) is 2.51. The molecule has 0 aliphatic rings. The maximum absolute atomic E-state index is 11.8. The quantitative estimate of drug-likeness (QED) is 0.874. The van der Waals surface area contributed by atoms with E-state index in [1.54, 1.807) is 24.3 Å². The molecule has 2 aromatic rings. The second kappa shape index (κ2) is 6.58. The van der Waals surface area contributed by atoms with Crippen molar-refractivity contribution < 1.29 is 4.79 Å². The van der Waals surface area contributed by atoms with Gasteiger partial charge in [-0.15, -0.1) is 0 Å². The fraction of sp³-hybridized carbons (Fsp3) is 0.176. The standard InChI is InChI=1S/C17H17N3O/c1-13-6-8-16(20(13)2)12-19-17(21)9-7-14-4-3-5-15(10-14)11-18/h3-10H,12H2,1-2H3,(H,19,21)/b9-7-. The van der Waals surface area contributed by atoms with Crippen molar-refractivity contribution in [1.82, 2.24) is 9.88 Å². The van der Waals surface area contributed by atoms with Crippen molar-refractivity contribution in [1.29, 1.82) is 5.26 Å². The van der Waals surface area contributed by atoms with Gasteiger partial charge in [0.25, 0.3) is 0 Å². The Morgan fingerprint density at radius 2 is 2.19 bits per heavy atom. The zero-order chi connectivity index (χ0) is 15.2. The molecule has 1 aromatic heterocycles. The van der Waals surface area contributed by atoms with E-state index in [1.165, 1.54) is 6.08 Å². The Labute approximate surface area is 124 Å². The second-order valence-electron chi connectivity index (χ2n) is 4.81. The van der Waals surface area contributed by atoms with Crippen molar-refractivity contribution in [2.75, 3.05) is 0 Å². The van der Waals surface area contributed by atoms with Crippen molar-refractivity contribution >= 4 is 12.0 Å². The third kappa shape index (κ3) is 3.83. The highest BCUT2D eigenvalue weighted by atomic mass is 16.1. The number of rotatable bonds is 4. The third-order valence-electron chi connectivity index (χ3n) is 3.36. The molecule has 0 atom stereocenters. The van der Waals surface area contributed by atoms with Crippen molar-refractivity contribution in [2.45, 2.75) is 13.5 Å². The molecule has 4 nitrogen and oxygen atoms in total. The van der Waals surface area contributed by atoms with Gasteiger partial charge < -0.3 is 9.88 Å². The molecular weight excluding hydrogens is 262 g/mol. The van der Waals surface area contributed by atoms with E-state index in [1.807, 2.05) is 36.7 Å². The maximum atomic E-state index is 11.8. The van der Waals surface area contributed by atoms with Crippen LogP contribution < -0.4 is 5.32 Å². The van der Waals surface area contributed by atoms with Crippen LogP contribution in [0.2, 0.25) is 0 Å². The van der Waals surface area contributed by atoms with Crippen LogP contribution in [-0.4, -0.2) is 10.5 Å². The van der Waals surface area contributed by atoms with E-state index in [4.69, 9.17) is 5.26 Å². The highest BCUT2D eigenvalue weighted by Crippen LogP contribution is 2.07. The number of hydrogen-bond donors (Lipinski definition) is 1.